The monoisotopic (exact) mass is 521 g/mol. The van der Waals surface area contributed by atoms with Gasteiger partial charge in [-0.3, -0.25) is 9.59 Å². The molecule has 30 heavy (non-hydrogen) atoms. The summed E-state index contributed by atoms with van der Waals surface area (Å²) in [6, 6.07) is 16.8. The fourth-order valence-corrected chi connectivity index (χ4v) is 4.25. The van der Waals surface area contributed by atoms with Gasteiger partial charge in [0.1, 0.15) is 0 Å². The third-order valence-corrected chi connectivity index (χ3v) is 5.89. The number of nitrogens with one attached hydrogen (secondary N) is 2. The zero-order chi connectivity index (χ0) is 20.8. The van der Waals surface area contributed by atoms with Crippen LogP contribution < -0.4 is 10.6 Å². The molecular formula is C23H13Br2N3O2. The standard InChI is InChI=1S/C23H13Br2N3O2/c24-12-4-6-20-16(8-12)18(22(29)27-20)10-14-2-1-3-15(26-14)11-19-17-9-13(25)5-7-21(17)28-23(19)30/h1-11H,(H,27,29)(H,28,30)/b18-10+,19-11+. The summed E-state index contributed by atoms with van der Waals surface area (Å²) in [5.74, 6) is -0.329. The molecule has 0 saturated heterocycles. The number of amides is 2. The lowest BCUT2D eigenvalue weighted by Gasteiger charge is -2.02. The van der Waals surface area contributed by atoms with Crippen molar-refractivity contribution in [2.45, 2.75) is 0 Å². The minimum Gasteiger partial charge on any atom is -0.321 e. The Morgan fingerprint density at radius 1 is 0.700 bits per heavy atom. The number of hydrogen-bond acceptors (Lipinski definition) is 3. The number of hydrogen-bond donors (Lipinski definition) is 2. The molecule has 3 aromatic rings. The lowest BCUT2D eigenvalue weighted by molar-refractivity contribution is -0.111. The maximum absolute atomic E-state index is 12.4. The Hall–Kier alpha value is -3.03. The highest BCUT2D eigenvalue weighted by atomic mass is 79.9. The molecule has 0 spiro atoms. The van der Waals surface area contributed by atoms with Crippen molar-refractivity contribution in [3.05, 3.63) is 86.1 Å². The van der Waals surface area contributed by atoms with Crippen molar-refractivity contribution in [2.24, 2.45) is 0 Å². The second kappa shape index (κ2) is 7.34. The van der Waals surface area contributed by atoms with Gasteiger partial charge in [-0.05, 0) is 60.7 Å². The van der Waals surface area contributed by atoms with Gasteiger partial charge in [0.15, 0.2) is 0 Å². The van der Waals surface area contributed by atoms with E-state index in [1.807, 2.05) is 54.6 Å². The average Bonchev–Trinajstić information content (AvgIpc) is 3.19. The predicted molar refractivity (Wildman–Crippen MR) is 126 cm³/mol. The van der Waals surface area contributed by atoms with E-state index in [1.165, 1.54) is 0 Å². The first kappa shape index (κ1) is 19.0. The molecule has 0 aliphatic carbocycles. The molecule has 0 atom stereocenters. The first-order chi connectivity index (χ1) is 14.5. The summed E-state index contributed by atoms with van der Waals surface area (Å²) in [5.41, 5.74) is 5.58. The Bertz CT molecular complexity index is 1210. The molecule has 146 valence electrons. The normalized spacial score (nSPS) is 17.1. The minimum atomic E-state index is -0.164. The largest absolute Gasteiger partial charge is 0.321 e. The highest BCUT2D eigenvalue weighted by molar-refractivity contribution is 9.10. The molecule has 0 radical (unpaired) electrons. The van der Waals surface area contributed by atoms with Crippen LogP contribution in [0.2, 0.25) is 0 Å². The van der Waals surface area contributed by atoms with Crippen LogP contribution in [-0.4, -0.2) is 16.8 Å². The SMILES string of the molecule is O=C1Nc2ccc(Br)cc2/C1=C\c1cccc(/C=C2/C(=O)Nc3ccc(Br)cc32)n1. The van der Waals surface area contributed by atoms with Crippen LogP contribution in [0.15, 0.2) is 63.5 Å². The van der Waals surface area contributed by atoms with E-state index >= 15 is 0 Å². The summed E-state index contributed by atoms with van der Waals surface area (Å²) in [4.78, 5) is 29.5. The molecule has 2 amide bonds. The summed E-state index contributed by atoms with van der Waals surface area (Å²) in [6.45, 7) is 0. The highest BCUT2D eigenvalue weighted by Crippen LogP contribution is 2.36. The molecule has 5 nitrogen and oxygen atoms in total. The topological polar surface area (TPSA) is 71.1 Å². The average molecular weight is 523 g/mol. The van der Waals surface area contributed by atoms with Crippen LogP contribution in [0.3, 0.4) is 0 Å². The third-order valence-electron chi connectivity index (χ3n) is 4.91. The Labute approximate surface area is 189 Å². The molecule has 0 bridgehead atoms. The van der Waals surface area contributed by atoms with Gasteiger partial charge in [-0.1, -0.05) is 37.9 Å². The molecule has 2 N–H and O–H groups in total. The van der Waals surface area contributed by atoms with E-state index in [4.69, 9.17) is 0 Å². The summed E-state index contributed by atoms with van der Waals surface area (Å²) in [7, 11) is 0. The van der Waals surface area contributed by atoms with E-state index in [9.17, 15) is 9.59 Å². The van der Waals surface area contributed by atoms with E-state index < -0.39 is 0 Å². The van der Waals surface area contributed by atoms with Gasteiger partial charge in [-0.25, -0.2) is 4.98 Å². The summed E-state index contributed by atoms with van der Waals surface area (Å²) < 4.78 is 1.79. The Morgan fingerprint density at radius 2 is 1.17 bits per heavy atom. The van der Waals surface area contributed by atoms with E-state index in [2.05, 4.69) is 47.5 Å². The molecule has 2 aromatic carbocycles. The number of nitrogens with zero attached hydrogens (tertiary/aromatic N) is 1. The zero-order valence-electron chi connectivity index (χ0n) is 15.4. The first-order valence-corrected chi connectivity index (χ1v) is 10.7. The van der Waals surface area contributed by atoms with Crippen molar-refractivity contribution in [3.63, 3.8) is 0 Å². The van der Waals surface area contributed by atoms with Gasteiger partial charge < -0.3 is 10.6 Å². The molecule has 0 unspecified atom stereocenters. The van der Waals surface area contributed by atoms with Crippen molar-refractivity contribution in [2.75, 3.05) is 10.6 Å². The maximum Gasteiger partial charge on any atom is 0.256 e. The molecular weight excluding hydrogens is 510 g/mol. The smallest absolute Gasteiger partial charge is 0.256 e. The van der Waals surface area contributed by atoms with Gasteiger partial charge in [0.25, 0.3) is 11.8 Å². The number of rotatable bonds is 2. The van der Waals surface area contributed by atoms with Crippen molar-refractivity contribution >= 4 is 78.3 Å². The Kier molecular flexibility index (Phi) is 4.64. The molecule has 2 aliphatic heterocycles. The van der Waals surface area contributed by atoms with Gasteiger partial charge in [0.2, 0.25) is 0 Å². The molecule has 2 aliphatic rings. The van der Waals surface area contributed by atoms with Crippen LogP contribution in [0.25, 0.3) is 23.3 Å². The first-order valence-electron chi connectivity index (χ1n) is 9.11. The molecule has 0 saturated carbocycles. The van der Waals surface area contributed by atoms with Gasteiger partial charge in [-0.2, -0.15) is 0 Å². The van der Waals surface area contributed by atoms with Gasteiger partial charge in [0.05, 0.1) is 22.5 Å². The van der Waals surface area contributed by atoms with Crippen molar-refractivity contribution in [1.82, 2.24) is 4.98 Å². The molecule has 5 rings (SSSR count). The number of carbonyl (C=O) groups is 2. The van der Waals surface area contributed by atoms with Crippen LogP contribution in [0.1, 0.15) is 22.5 Å². The highest BCUT2D eigenvalue weighted by Gasteiger charge is 2.25. The van der Waals surface area contributed by atoms with Crippen LogP contribution in [0, 0.1) is 0 Å². The quantitative estimate of drug-likeness (QED) is 0.431. The predicted octanol–water partition coefficient (Wildman–Crippen LogP) is 5.59. The molecule has 0 fully saturated rings. The second-order valence-corrected chi connectivity index (χ2v) is 8.72. The van der Waals surface area contributed by atoms with E-state index in [0.717, 1.165) is 31.4 Å². The van der Waals surface area contributed by atoms with Gasteiger partial charge in [0, 0.05) is 31.4 Å². The fourth-order valence-electron chi connectivity index (χ4n) is 3.53. The lowest BCUT2D eigenvalue weighted by atomic mass is 10.0. The summed E-state index contributed by atoms with van der Waals surface area (Å²) >= 11 is 6.90. The van der Waals surface area contributed by atoms with Crippen LogP contribution in [-0.2, 0) is 9.59 Å². The number of aromatic nitrogens is 1. The third kappa shape index (κ3) is 3.40. The van der Waals surface area contributed by atoms with Crippen LogP contribution in [0.5, 0.6) is 0 Å². The number of fused-ring (bicyclic) bond motifs is 2. The Balaban J connectivity index is 1.54. The van der Waals surface area contributed by atoms with Crippen molar-refractivity contribution in [1.29, 1.82) is 0 Å². The van der Waals surface area contributed by atoms with Gasteiger partial charge in [-0.15, -0.1) is 0 Å². The molecule has 3 heterocycles. The summed E-state index contributed by atoms with van der Waals surface area (Å²) in [5, 5.41) is 5.73. The molecule has 7 heteroatoms. The number of pyridine rings is 1. The van der Waals surface area contributed by atoms with Crippen molar-refractivity contribution in [3.8, 4) is 0 Å². The fraction of sp³-hybridized carbons (Fsp3) is 0. The number of carbonyl (C=O) groups excluding carboxylic acids is 2. The van der Waals surface area contributed by atoms with Gasteiger partial charge >= 0.3 is 0 Å². The second-order valence-electron chi connectivity index (χ2n) is 6.89. The van der Waals surface area contributed by atoms with E-state index in [1.54, 1.807) is 12.2 Å². The van der Waals surface area contributed by atoms with Crippen LogP contribution in [0.4, 0.5) is 11.4 Å². The van der Waals surface area contributed by atoms with E-state index in [0.29, 0.717) is 22.5 Å². The Morgan fingerprint density at radius 3 is 1.63 bits per heavy atom. The minimum absolute atomic E-state index is 0.164. The van der Waals surface area contributed by atoms with Crippen molar-refractivity contribution < 1.29 is 9.59 Å². The zero-order valence-corrected chi connectivity index (χ0v) is 18.5. The lowest BCUT2D eigenvalue weighted by Crippen LogP contribution is -2.04. The maximum atomic E-state index is 12.4. The molecule has 1 aromatic heterocycles. The van der Waals surface area contributed by atoms with E-state index in [-0.39, 0.29) is 11.8 Å². The summed E-state index contributed by atoms with van der Waals surface area (Å²) in [6.07, 6.45) is 3.52. The number of anilines is 2. The number of benzene rings is 2. The van der Waals surface area contributed by atoms with Crippen LogP contribution >= 0.6 is 31.9 Å². The number of halogens is 2.